The van der Waals surface area contributed by atoms with E-state index in [1.165, 1.54) is 0 Å². The van der Waals surface area contributed by atoms with Gasteiger partial charge in [0.05, 0.1) is 7.11 Å². The van der Waals surface area contributed by atoms with Crippen LogP contribution in [0, 0.1) is 5.41 Å². The van der Waals surface area contributed by atoms with Gasteiger partial charge in [0.25, 0.3) is 0 Å². The van der Waals surface area contributed by atoms with Gasteiger partial charge in [-0.1, -0.05) is 12.7 Å². The molecule has 0 amide bonds. The molecule has 0 unspecified atom stereocenters. The third-order valence-corrected chi connectivity index (χ3v) is 1.36. The van der Waals surface area contributed by atoms with Crippen LogP contribution in [0.5, 0.6) is 0 Å². The summed E-state index contributed by atoms with van der Waals surface area (Å²) in [7, 11) is 1.56. The zero-order valence-corrected chi connectivity index (χ0v) is 7.42. The van der Waals surface area contributed by atoms with Crippen molar-refractivity contribution >= 4 is 5.84 Å². The van der Waals surface area contributed by atoms with Crippen molar-refractivity contribution in [1.29, 1.82) is 5.41 Å². The van der Waals surface area contributed by atoms with Crippen LogP contribution in [-0.4, -0.2) is 12.9 Å². The first kappa shape index (κ1) is 10.5. The average Bonchev–Trinajstić information content (AvgIpc) is 2.05. The van der Waals surface area contributed by atoms with Gasteiger partial charge in [0.1, 0.15) is 11.6 Å². The minimum atomic E-state index is 0.0609. The molecule has 0 rings (SSSR count). The Morgan fingerprint density at radius 1 is 1.50 bits per heavy atom. The Kier molecular flexibility index (Phi) is 4.53. The largest absolute Gasteiger partial charge is 0.497 e. The highest BCUT2D eigenvalue weighted by Crippen LogP contribution is 1.99. The number of allylic oxidation sites excluding steroid dienone is 3. The van der Waals surface area contributed by atoms with Gasteiger partial charge < -0.3 is 10.5 Å². The molecule has 0 saturated carbocycles. The van der Waals surface area contributed by atoms with E-state index in [9.17, 15) is 0 Å². The van der Waals surface area contributed by atoms with Crippen molar-refractivity contribution in [3.63, 3.8) is 0 Å². The van der Waals surface area contributed by atoms with E-state index in [0.717, 1.165) is 0 Å². The van der Waals surface area contributed by atoms with Crippen LogP contribution in [-0.2, 0) is 4.74 Å². The highest BCUT2D eigenvalue weighted by molar-refractivity contribution is 5.93. The minimum Gasteiger partial charge on any atom is -0.497 e. The molecular formula is C9H14N2O. The summed E-state index contributed by atoms with van der Waals surface area (Å²) in [5, 5.41) is 7.07. The average molecular weight is 166 g/mol. The van der Waals surface area contributed by atoms with E-state index in [2.05, 4.69) is 6.58 Å². The van der Waals surface area contributed by atoms with Crippen molar-refractivity contribution in [2.45, 2.75) is 6.92 Å². The zero-order chi connectivity index (χ0) is 9.56. The van der Waals surface area contributed by atoms with Crippen LogP contribution in [0.4, 0.5) is 0 Å². The first-order valence-corrected chi connectivity index (χ1v) is 3.51. The van der Waals surface area contributed by atoms with Gasteiger partial charge in [0, 0.05) is 0 Å². The summed E-state index contributed by atoms with van der Waals surface area (Å²) in [6.07, 6.45) is 5.01. The quantitative estimate of drug-likeness (QED) is 0.288. The molecule has 0 bridgehead atoms. The molecular weight excluding hydrogens is 152 g/mol. The van der Waals surface area contributed by atoms with E-state index in [1.54, 1.807) is 32.3 Å². The number of hydrogen-bond donors (Lipinski definition) is 2. The van der Waals surface area contributed by atoms with Crippen LogP contribution in [0.25, 0.3) is 0 Å². The van der Waals surface area contributed by atoms with Gasteiger partial charge in [-0.2, -0.15) is 0 Å². The van der Waals surface area contributed by atoms with Gasteiger partial charge >= 0.3 is 0 Å². The second-order valence-electron chi connectivity index (χ2n) is 2.24. The molecule has 0 aromatic carbocycles. The maximum atomic E-state index is 7.07. The number of methoxy groups -OCH3 is 1. The smallest absolute Gasteiger partial charge is 0.118 e. The monoisotopic (exact) mass is 166 g/mol. The Morgan fingerprint density at radius 3 is 2.42 bits per heavy atom. The molecule has 0 aliphatic carbocycles. The zero-order valence-electron chi connectivity index (χ0n) is 7.42. The van der Waals surface area contributed by atoms with Crippen LogP contribution in [0.2, 0.25) is 0 Å². The van der Waals surface area contributed by atoms with Crippen LogP contribution in [0.3, 0.4) is 0 Å². The fourth-order valence-electron chi connectivity index (χ4n) is 0.516. The number of rotatable bonds is 4. The van der Waals surface area contributed by atoms with Crippen molar-refractivity contribution in [2.75, 3.05) is 7.11 Å². The van der Waals surface area contributed by atoms with Crippen molar-refractivity contribution in [3.8, 4) is 0 Å². The van der Waals surface area contributed by atoms with Crippen LogP contribution in [0.1, 0.15) is 6.92 Å². The number of nitrogens with one attached hydrogen (secondary N) is 1. The normalized spacial score (nSPS) is 12.5. The Bertz CT molecular complexity index is 233. The number of nitrogens with two attached hydrogens (primary N) is 1. The summed E-state index contributed by atoms with van der Waals surface area (Å²) in [4.78, 5) is 0. The SMILES string of the molecule is C=C/C(=C\C=C(/C)C(=N)N)OC. The summed E-state index contributed by atoms with van der Waals surface area (Å²) in [6.45, 7) is 5.31. The number of ether oxygens (including phenoxy) is 1. The van der Waals surface area contributed by atoms with E-state index >= 15 is 0 Å². The third-order valence-electron chi connectivity index (χ3n) is 1.36. The lowest BCUT2D eigenvalue weighted by Gasteiger charge is -1.97. The molecule has 0 radical (unpaired) electrons. The highest BCUT2D eigenvalue weighted by atomic mass is 16.5. The fraction of sp³-hybridized carbons (Fsp3) is 0.222. The minimum absolute atomic E-state index is 0.0609. The fourth-order valence-corrected chi connectivity index (χ4v) is 0.516. The van der Waals surface area contributed by atoms with Gasteiger partial charge in [0.15, 0.2) is 0 Å². The van der Waals surface area contributed by atoms with Gasteiger partial charge in [0.2, 0.25) is 0 Å². The maximum absolute atomic E-state index is 7.07. The second kappa shape index (κ2) is 5.18. The Balaban J connectivity index is 4.44. The van der Waals surface area contributed by atoms with Crippen molar-refractivity contribution in [2.24, 2.45) is 5.73 Å². The Hall–Kier alpha value is -1.51. The van der Waals surface area contributed by atoms with Gasteiger partial charge in [-0.15, -0.1) is 0 Å². The molecule has 0 atom stereocenters. The topological polar surface area (TPSA) is 59.1 Å². The first-order valence-electron chi connectivity index (χ1n) is 3.51. The predicted molar refractivity (Wildman–Crippen MR) is 51.0 cm³/mol. The molecule has 0 heterocycles. The molecule has 66 valence electrons. The predicted octanol–water partition coefficient (Wildman–Crippen LogP) is 1.58. The van der Waals surface area contributed by atoms with Crippen molar-refractivity contribution in [3.05, 3.63) is 36.1 Å². The molecule has 0 aliphatic heterocycles. The summed E-state index contributed by atoms with van der Waals surface area (Å²) in [6, 6.07) is 0. The van der Waals surface area contributed by atoms with Crippen molar-refractivity contribution in [1.82, 2.24) is 0 Å². The lowest BCUT2D eigenvalue weighted by molar-refractivity contribution is 0.307. The first-order chi connectivity index (χ1) is 5.61. The molecule has 0 aromatic heterocycles. The summed E-state index contributed by atoms with van der Waals surface area (Å²) in [5.74, 6) is 0.710. The molecule has 3 heteroatoms. The van der Waals surface area contributed by atoms with Gasteiger partial charge in [-0.25, -0.2) is 0 Å². The van der Waals surface area contributed by atoms with E-state index in [0.29, 0.717) is 11.3 Å². The summed E-state index contributed by atoms with van der Waals surface area (Å²) in [5.41, 5.74) is 5.92. The van der Waals surface area contributed by atoms with E-state index < -0.39 is 0 Å². The molecule has 3 N–H and O–H groups in total. The molecule has 0 saturated heterocycles. The van der Waals surface area contributed by atoms with E-state index in [1.807, 2.05) is 0 Å². The number of amidine groups is 1. The number of hydrogen-bond acceptors (Lipinski definition) is 2. The Labute approximate surface area is 72.7 Å². The molecule has 0 aliphatic rings. The van der Waals surface area contributed by atoms with Gasteiger partial charge in [-0.3, -0.25) is 5.41 Å². The molecule has 12 heavy (non-hydrogen) atoms. The van der Waals surface area contributed by atoms with Crippen molar-refractivity contribution < 1.29 is 4.74 Å². The summed E-state index contributed by atoms with van der Waals surface area (Å²) < 4.78 is 4.92. The highest BCUT2D eigenvalue weighted by Gasteiger charge is 1.90. The second-order valence-corrected chi connectivity index (χ2v) is 2.24. The Morgan fingerprint density at radius 2 is 2.08 bits per heavy atom. The molecule has 3 nitrogen and oxygen atoms in total. The standard InChI is InChI=1S/C9H14N2O/c1-4-8(12-3)6-5-7(2)9(10)11/h4-6H,1H2,2-3H3,(H3,10,11)/b7-5+,8-6+. The molecule has 0 fully saturated rings. The summed E-state index contributed by atoms with van der Waals surface area (Å²) >= 11 is 0. The van der Waals surface area contributed by atoms with Crippen LogP contribution < -0.4 is 5.73 Å². The van der Waals surface area contributed by atoms with Crippen LogP contribution >= 0.6 is 0 Å². The van der Waals surface area contributed by atoms with Gasteiger partial charge in [-0.05, 0) is 24.6 Å². The third kappa shape index (κ3) is 3.61. The molecule has 0 aromatic rings. The van der Waals surface area contributed by atoms with Crippen LogP contribution in [0.15, 0.2) is 36.1 Å². The molecule has 0 spiro atoms. The lowest BCUT2D eigenvalue weighted by Crippen LogP contribution is -2.10. The maximum Gasteiger partial charge on any atom is 0.118 e. The lowest BCUT2D eigenvalue weighted by atomic mass is 10.2. The van der Waals surface area contributed by atoms with E-state index in [4.69, 9.17) is 15.9 Å². The van der Waals surface area contributed by atoms with E-state index in [-0.39, 0.29) is 5.84 Å².